The van der Waals surface area contributed by atoms with E-state index >= 15 is 0 Å². The summed E-state index contributed by atoms with van der Waals surface area (Å²) < 4.78 is 13.5. The Kier molecular flexibility index (Phi) is 5.99. The van der Waals surface area contributed by atoms with Gasteiger partial charge in [0.2, 0.25) is 0 Å². The standard InChI is InChI=1S/C17H26FNO/c1-13-6-8-14(9-7-13)10-11-19-12-17(20)15-4-2-3-5-16(15)18/h2-5,13-14,17,19-20H,6-12H2,1H3. The molecule has 1 aromatic rings. The van der Waals surface area contributed by atoms with Crippen molar-refractivity contribution in [2.45, 2.75) is 45.1 Å². The Bertz CT molecular complexity index is 402. The predicted molar refractivity (Wildman–Crippen MR) is 80.0 cm³/mol. The summed E-state index contributed by atoms with van der Waals surface area (Å²) in [6, 6.07) is 6.43. The summed E-state index contributed by atoms with van der Waals surface area (Å²) in [5, 5.41) is 13.2. The van der Waals surface area contributed by atoms with E-state index in [0.29, 0.717) is 12.1 Å². The monoisotopic (exact) mass is 279 g/mol. The molecule has 1 aliphatic rings. The molecule has 3 heteroatoms. The second-order valence-corrected chi connectivity index (χ2v) is 6.16. The van der Waals surface area contributed by atoms with Gasteiger partial charge in [0.05, 0.1) is 6.10 Å². The second-order valence-electron chi connectivity index (χ2n) is 6.16. The Morgan fingerprint density at radius 3 is 2.65 bits per heavy atom. The Morgan fingerprint density at radius 2 is 1.95 bits per heavy atom. The van der Waals surface area contributed by atoms with Gasteiger partial charge in [-0.25, -0.2) is 4.39 Å². The maximum absolute atomic E-state index is 13.5. The van der Waals surface area contributed by atoms with E-state index < -0.39 is 6.10 Å². The van der Waals surface area contributed by atoms with Crippen LogP contribution in [-0.4, -0.2) is 18.2 Å². The van der Waals surface area contributed by atoms with Gasteiger partial charge in [0, 0.05) is 12.1 Å². The first-order valence-corrected chi connectivity index (χ1v) is 7.80. The summed E-state index contributed by atoms with van der Waals surface area (Å²) in [4.78, 5) is 0. The summed E-state index contributed by atoms with van der Waals surface area (Å²) in [7, 11) is 0. The van der Waals surface area contributed by atoms with E-state index in [2.05, 4.69) is 12.2 Å². The molecule has 1 atom stereocenters. The van der Waals surface area contributed by atoms with Gasteiger partial charge in [0.15, 0.2) is 0 Å². The molecule has 2 N–H and O–H groups in total. The van der Waals surface area contributed by atoms with Crippen LogP contribution < -0.4 is 5.32 Å². The summed E-state index contributed by atoms with van der Waals surface area (Å²) in [5.41, 5.74) is 0.381. The minimum absolute atomic E-state index is 0.330. The molecule has 0 radical (unpaired) electrons. The summed E-state index contributed by atoms with van der Waals surface area (Å²) >= 11 is 0. The van der Waals surface area contributed by atoms with Crippen molar-refractivity contribution in [3.8, 4) is 0 Å². The van der Waals surface area contributed by atoms with E-state index in [1.54, 1.807) is 18.2 Å². The lowest BCUT2D eigenvalue weighted by atomic mass is 9.81. The van der Waals surface area contributed by atoms with E-state index in [4.69, 9.17) is 0 Å². The van der Waals surface area contributed by atoms with Crippen LogP contribution in [0.25, 0.3) is 0 Å². The van der Waals surface area contributed by atoms with Crippen molar-refractivity contribution in [2.24, 2.45) is 11.8 Å². The van der Waals surface area contributed by atoms with Gasteiger partial charge < -0.3 is 10.4 Å². The molecule has 0 aliphatic heterocycles. The number of rotatable bonds is 6. The molecule has 0 saturated heterocycles. The maximum Gasteiger partial charge on any atom is 0.129 e. The van der Waals surface area contributed by atoms with E-state index in [1.807, 2.05) is 0 Å². The zero-order chi connectivity index (χ0) is 14.4. The lowest BCUT2D eigenvalue weighted by molar-refractivity contribution is 0.168. The van der Waals surface area contributed by atoms with Crippen LogP contribution in [0.3, 0.4) is 0 Å². The SMILES string of the molecule is CC1CCC(CCNCC(O)c2ccccc2F)CC1. The number of nitrogens with one attached hydrogen (secondary N) is 1. The number of hydrogen-bond acceptors (Lipinski definition) is 2. The van der Waals surface area contributed by atoms with Crippen LogP contribution in [0.2, 0.25) is 0 Å². The lowest BCUT2D eigenvalue weighted by Gasteiger charge is -2.26. The average Bonchev–Trinajstić information content (AvgIpc) is 2.46. The molecule has 112 valence electrons. The van der Waals surface area contributed by atoms with Gasteiger partial charge in [-0.2, -0.15) is 0 Å². The summed E-state index contributed by atoms with van der Waals surface area (Å²) in [6.07, 6.45) is 5.77. The highest BCUT2D eigenvalue weighted by Crippen LogP contribution is 2.29. The number of benzene rings is 1. The fourth-order valence-corrected chi connectivity index (χ4v) is 3.02. The molecule has 1 fully saturated rings. The average molecular weight is 279 g/mol. The highest BCUT2D eigenvalue weighted by molar-refractivity contribution is 5.19. The van der Waals surface area contributed by atoms with Crippen LogP contribution in [0.4, 0.5) is 4.39 Å². The Balaban J connectivity index is 1.65. The van der Waals surface area contributed by atoms with Crippen LogP contribution in [0, 0.1) is 17.7 Å². The molecule has 1 unspecified atom stereocenters. The van der Waals surface area contributed by atoms with Crippen LogP contribution in [-0.2, 0) is 0 Å². The fourth-order valence-electron chi connectivity index (χ4n) is 3.02. The smallest absolute Gasteiger partial charge is 0.129 e. The van der Waals surface area contributed by atoms with Gasteiger partial charge in [-0.15, -0.1) is 0 Å². The molecule has 0 heterocycles. The summed E-state index contributed by atoms with van der Waals surface area (Å²) in [5.74, 6) is 1.38. The molecule has 0 amide bonds. The van der Waals surface area contributed by atoms with E-state index in [1.165, 1.54) is 31.7 Å². The van der Waals surface area contributed by atoms with Gasteiger partial charge in [-0.1, -0.05) is 50.8 Å². The topological polar surface area (TPSA) is 32.3 Å². The molecule has 0 spiro atoms. The van der Waals surface area contributed by atoms with Crippen LogP contribution in [0.1, 0.15) is 50.7 Å². The third kappa shape index (κ3) is 4.57. The fraction of sp³-hybridized carbons (Fsp3) is 0.647. The van der Waals surface area contributed by atoms with Gasteiger partial charge in [-0.05, 0) is 30.9 Å². The van der Waals surface area contributed by atoms with Crippen LogP contribution in [0.15, 0.2) is 24.3 Å². The van der Waals surface area contributed by atoms with Crippen molar-refractivity contribution in [1.82, 2.24) is 5.32 Å². The Hall–Kier alpha value is -0.930. The van der Waals surface area contributed by atoms with Gasteiger partial charge in [0.25, 0.3) is 0 Å². The highest BCUT2D eigenvalue weighted by Gasteiger charge is 2.18. The molecule has 20 heavy (non-hydrogen) atoms. The molecule has 1 aromatic carbocycles. The highest BCUT2D eigenvalue weighted by atomic mass is 19.1. The molecule has 1 saturated carbocycles. The number of aliphatic hydroxyl groups excluding tert-OH is 1. The first-order chi connectivity index (χ1) is 9.66. The van der Waals surface area contributed by atoms with E-state index in [0.717, 1.165) is 24.8 Å². The first-order valence-electron chi connectivity index (χ1n) is 7.80. The van der Waals surface area contributed by atoms with Crippen molar-refractivity contribution >= 4 is 0 Å². The minimum atomic E-state index is -0.762. The minimum Gasteiger partial charge on any atom is -0.387 e. The van der Waals surface area contributed by atoms with Gasteiger partial charge >= 0.3 is 0 Å². The first kappa shape index (κ1) is 15.5. The van der Waals surface area contributed by atoms with E-state index in [-0.39, 0.29) is 5.82 Å². The predicted octanol–water partition coefficient (Wildman–Crippen LogP) is 3.67. The molecule has 0 aromatic heterocycles. The zero-order valence-electron chi connectivity index (χ0n) is 12.3. The molecule has 0 bridgehead atoms. The molecular formula is C17H26FNO. The second kappa shape index (κ2) is 7.75. The Labute approximate surface area is 121 Å². The molecule has 2 rings (SSSR count). The zero-order valence-corrected chi connectivity index (χ0v) is 12.3. The van der Waals surface area contributed by atoms with Crippen molar-refractivity contribution in [3.63, 3.8) is 0 Å². The van der Waals surface area contributed by atoms with Crippen LogP contribution >= 0.6 is 0 Å². The third-order valence-corrected chi connectivity index (χ3v) is 4.47. The third-order valence-electron chi connectivity index (χ3n) is 4.47. The maximum atomic E-state index is 13.5. The van der Waals surface area contributed by atoms with Gasteiger partial charge in [0.1, 0.15) is 5.82 Å². The number of hydrogen-bond donors (Lipinski definition) is 2. The number of halogens is 1. The van der Waals surface area contributed by atoms with Crippen molar-refractivity contribution < 1.29 is 9.50 Å². The largest absolute Gasteiger partial charge is 0.387 e. The quantitative estimate of drug-likeness (QED) is 0.779. The molecule has 1 aliphatic carbocycles. The normalized spacial score (nSPS) is 24.6. The lowest BCUT2D eigenvalue weighted by Crippen LogP contribution is -2.25. The van der Waals surface area contributed by atoms with Crippen molar-refractivity contribution in [2.75, 3.05) is 13.1 Å². The van der Waals surface area contributed by atoms with E-state index in [9.17, 15) is 9.50 Å². The van der Waals surface area contributed by atoms with Crippen molar-refractivity contribution in [1.29, 1.82) is 0 Å². The van der Waals surface area contributed by atoms with Crippen molar-refractivity contribution in [3.05, 3.63) is 35.6 Å². The Morgan fingerprint density at radius 1 is 1.25 bits per heavy atom. The summed E-state index contributed by atoms with van der Waals surface area (Å²) in [6.45, 7) is 3.66. The van der Waals surface area contributed by atoms with Crippen LogP contribution in [0.5, 0.6) is 0 Å². The van der Waals surface area contributed by atoms with Gasteiger partial charge in [-0.3, -0.25) is 0 Å². The molecule has 2 nitrogen and oxygen atoms in total. The number of aliphatic hydroxyl groups is 1. The molecular weight excluding hydrogens is 253 g/mol.